The van der Waals surface area contributed by atoms with Crippen molar-refractivity contribution in [3.63, 3.8) is 0 Å². The van der Waals surface area contributed by atoms with Crippen LogP contribution in [0.2, 0.25) is 0 Å². The van der Waals surface area contributed by atoms with Crippen molar-refractivity contribution in [2.45, 2.75) is 38.4 Å². The fraction of sp³-hybridized carbons (Fsp3) is 0.600. The van der Waals surface area contributed by atoms with Gasteiger partial charge in [-0.05, 0) is 53.9 Å². The molecule has 0 aliphatic carbocycles. The van der Waals surface area contributed by atoms with Crippen molar-refractivity contribution in [1.29, 1.82) is 0 Å². The van der Waals surface area contributed by atoms with Gasteiger partial charge in [0.1, 0.15) is 5.82 Å². The van der Waals surface area contributed by atoms with Crippen molar-refractivity contribution in [1.82, 2.24) is 9.80 Å². The highest BCUT2D eigenvalue weighted by atomic mass is 79.9. The highest BCUT2D eigenvalue weighted by Crippen LogP contribution is 2.28. The summed E-state index contributed by atoms with van der Waals surface area (Å²) in [5, 5.41) is 0. The first-order valence-corrected chi connectivity index (χ1v) is 7.85. The Balaban J connectivity index is 1.73. The van der Waals surface area contributed by atoms with E-state index in [4.69, 9.17) is 0 Å². The Kier molecular flexibility index (Phi) is 3.92. The van der Waals surface area contributed by atoms with Crippen LogP contribution in [-0.4, -0.2) is 41.5 Å². The molecule has 1 aromatic carbocycles. The van der Waals surface area contributed by atoms with Crippen LogP contribution in [0.5, 0.6) is 0 Å². The molecule has 0 saturated carbocycles. The van der Waals surface area contributed by atoms with Gasteiger partial charge < -0.3 is 0 Å². The average molecular weight is 327 g/mol. The summed E-state index contributed by atoms with van der Waals surface area (Å²) in [5.74, 6) is -0.162. The zero-order valence-electron chi connectivity index (χ0n) is 11.3. The summed E-state index contributed by atoms with van der Waals surface area (Å²) < 4.78 is 14.2. The van der Waals surface area contributed by atoms with Crippen LogP contribution in [0, 0.1) is 5.82 Å². The Bertz CT molecular complexity index is 465. The third kappa shape index (κ3) is 2.71. The molecule has 2 aliphatic rings. The van der Waals surface area contributed by atoms with Crippen molar-refractivity contribution in [3.8, 4) is 0 Å². The molecule has 2 unspecified atom stereocenters. The maximum absolute atomic E-state index is 13.6. The van der Waals surface area contributed by atoms with E-state index >= 15 is 0 Å². The summed E-state index contributed by atoms with van der Waals surface area (Å²) >= 11 is 3.37. The van der Waals surface area contributed by atoms with Gasteiger partial charge in [0.25, 0.3) is 0 Å². The normalized spacial score (nSPS) is 28.6. The molecular formula is C15H20BrFN2. The predicted molar refractivity (Wildman–Crippen MR) is 78.6 cm³/mol. The van der Waals surface area contributed by atoms with Gasteiger partial charge in [-0.25, -0.2) is 4.39 Å². The van der Waals surface area contributed by atoms with Crippen LogP contribution < -0.4 is 0 Å². The number of benzene rings is 1. The largest absolute Gasteiger partial charge is 0.298 e. The monoisotopic (exact) mass is 326 g/mol. The first-order valence-electron chi connectivity index (χ1n) is 7.06. The van der Waals surface area contributed by atoms with Gasteiger partial charge in [-0.3, -0.25) is 9.80 Å². The van der Waals surface area contributed by atoms with Crippen LogP contribution in [0.25, 0.3) is 0 Å². The molecule has 0 radical (unpaired) electrons. The Morgan fingerprint density at radius 2 is 2.21 bits per heavy atom. The predicted octanol–water partition coefficient (Wildman–Crippen LogP) is 3.26. The molecule has 104 valence electrons. The van der Waals surface area contributed by atoms with Gasteiger partial charge in [-0.15, -0.1) is 0 Å². The zero-order valence-corrected chi connectivity index (χ0v) is 12.9. The summed E-state index contributed by atoms with van der Waals surface area (Å²) in [6.45, 7) is 6.64. The van der Waals surface area contributed by atoms with Crippen molar-refractivity contribution in [3.05, 3.63) is 34.1 Å². The second-order valence-corrected chi connectivity index (χ2v) is 6.58. The fourth-order valence-electron chi connectivity index (χ4n) is 3.36. The molecule has 2 saturated heterocycles. The van der Waals surface area contributed by atoms with E-state index < -0.39 is 0 Å². The molecule has 0 aromatic heterocycles. The summed E-state index contributed by atoms with van der Waals surface area (Å²) in [7, 11) is 0. The minimum Gasteiger partial charge on any atom is -0.298 e. The van der Waals surface area contributed by atoms with Crippen LogP contribution in [0.3, 0.4) is 0 Å². The zero-order chi connectivity index (χ0) is 13.4. The lowest BCUT2D eigenvalue weighted by Gasteiger charge is -2.42. The maximum atomic E-state index is 13.6. The molecule has 0 amide bonds. The van der Waals surface area contributed by atoms with E-state index in [0.717, 1.165) is 25.2 Å². The van der Waals surface area contributed by atoms with Crippen LogP contribution in [0.1, 0.15) is 25.3 Å². The number of fused-ring (bicyclic) bond motifs is 1. The van der Waals surface area contributed by atoms with Crippen molar-refractivity contribution < 1.29 is 4.39 Å². The van der Waals surface area contributed by atoms with Gasteiger partial charge in [0.2, 0.25) is 0 Å². The molecule has 2 aliphatic heterocycles. The number of hydrogen-bond donors (Lipinski definition) is 0. The summed E-state index contributed by atoms with van der Waals surface area (Å²) in [5.41, 5.74) is 1.05. The lowest BCUT2D eigenvalue weighted by Crippen LogP contribution is -2.54. The van der Waals surface area contributed by atoms with Crippen molar-refractivity contribution in [2.24, 2.45) is 0 Å². The van der Waals surface area contributed by atoms with E-state index in [2.05, 4.69) is 32.7 Å². The van der Waals surface area contributed by atoms with Crippen LogP contribution in [-0.2, 0) is 6.54 Å². The van der Waals surface area contributed by atoms with E-state index in [0.29, 0.717) is 16.6 Å². The third-order valence-electron chi connectivity index (χ3n) is 4.47. The van der Waals surface area contributed by atoms with Gasteiger partial charge in [-0.1, -0.05) is 12.1 Å². The quantitative estimate of drug-likeness (QED) is 0.823. The van der Waals surface area contributed by atoms with Crippen LogP contribution in [0.4, 0.5) is 4.39 Å². The van der Waals surface area contributed by atoms with Crippen LogP contribution in [0.15, 0.2) is 22.7 Å². The molecule has 2 atom stereocenters. The molecule has 2 nitrogen and oxygen atoms in total. The Morgan fingerprint density at radius 3 is 3.05 bits per heavy atom. The third-order valence-corrected chi connectivity index (χ3v) is 5.36. The van der Waals surface area contributed by atoms with Gasteiger partial charge in [0, 0.05) is 31.7 Å². The Labute approximate surface area is 122 Å². The standard InChI is InChI=1S/C15H20BrFN2/c1-11-8-18-7-3-5-13(18)10-19(11)9-12-4-2-6-14(17)15(12)16/h2,4,6,11,13H,3,5,7-10H2,1H3. The summed E-state index contributed by atoms with van der Waals surface area (Å²) in [6, 6.07) is 6.58. The molecule has 2 heterocycles. The number of piperazine rings is 1. The van der Waals surface area contributed by atoms with Crippen LogP contribution >= 0.6 is 15.9 Å². The molecule has 2 fully saturated rings. The van der Waals surface area contributed by atoms with Gasteiger partial charge in [0.05, 0.1) is 4.47 Å². The van der Waals surface area contributed by atoms with E-state index in [1.54, 1.807) is 6.07 Å². The number of hydrogen-bond acceptors (Lipinski definition) is 2. The maximum Gasteiger partial charge on any atom is 0.137 e. The first-order chi connectivity index (χ1) is 9.15. The summed E-state index contributed by atoms with van der Waals surface area (Å²) in [4.78, 5) is 5.10. The van der Waals surface area contributed by atoms with Gasteiger partial charge in [-0.2, -0.15) is 0 Å². The summed E-state index contributed by atoms with van der Waals surface area (Å²) in [6.07, 6.45) is 2.64. The fourth-order valence-corrected chi connectivity index (χ4v) is 3.75. The number of rotatable bonds is 2. The molecule has 0 N–H and O–H groups in total. The molecule has 0 bridgehead atoms. The average Bonchev–Trinajstić information content (AvgIpc) is 2.82. The highest BCUT2D eigenvalue weighted by molar-refractivity contribution is 9.10. The van der Waals surface area contributed by atoms with Crippen molar-refractivity contribution >= 4 is 15.9 Å². The first kappa shape index (κ1) is 13.5. The number of nitrogens with zero attached hydrogens (tertiary/aromatic N) is 2. The molecule has 4 heteroatoms. The molecule has 0 spiro atoms. The van der Waals surface area contributed by atoms with Gasteiger partial charge >= 0.3 is 0 Å². The Morgan fingerprint density at radius 1 is 1.37 bits per heavy atom. The second kappa shape index (κ2) is 5.51. The molecule has 1 aromatic rings. The smallest absolute Gasteiger partial charge is 0.137 e. The lowest BCUT2D eigenvalue weighted by atomic mass is 10.1. The molecule has 19 heavy (non-hydrogen) atoms. The highest BCUT2D eigenvalue weighted by Gasteiger charge is 2.34. The minimum absolute atomic E-state index is 0.162. The minimum atomic E-state index is -0.162. The topological polar surface area (TPSA) is 6.48 Å². The van der Waals surface area contributed by atoms with Gasteiger partial charge in [0.15, 0.2) is 0 Å². The van der Waals surface area contributed by atoms with Crippen molar-refractivity contribution in [2.75, 3.05) is 19.6 Å². The number of halogens is 2. The SMILES string of the molecule is CC1CN2CCCC2CN1Cc1cccc(F)c1Br. The Hall–Kier alpha value is -0.450. The van der Waals surface area contributed by atoms with E-state index in [-0.39, 0.29) is 5.82 Å². The second-order valence-electron chi connectivity index (χ2n) is 5.78. The van der Waals surface area contributed by atoms with E-state index in [1.165, 1.54) is 25.5 Å². The molecular weight excluding hydrogens is 307 g/mol. The van der Waals surface area contributed by atoms with E-state index in [1.807, 2.05) is 6.07 Å². The lowest BCUT2D eigenvalue weighted by molar-refractivity contribution is 0.0538. The molecule has 3 rings (SSSR count). The van der Waals surface area contributed by atoms with E-state index in [9.17, 15) is 4.39 Å².